The molecule has 0 saturated carbocycles. The van der Waals surface area contributed by atoms with Crippen molar-refractivity contribution in [1.29, 1.82) is 0 Å². The topological polar surface area (TPSA) is 105 Å². The molecule has 156 valence electrons. The summed E-state index contributed by atoms with van der Waals surface area (Å²) in [4.78, 5) is 16.1. The number of aromatic nitrogens is 1. The summed E-state index contributed by atoms with van der Waals surface area (Å²) in [5.74, 6) is -0.619. The summed E-state index contributed by atoms with van der Waals surface area (Å²) in [5, 5.41) is 0. The van der Waals surface area contributed by atoms with Crippen molar-refractivity contribution in [1.82, 2.24) is 14.6 Å². The molecule has 0 bridgehead atoms. The molecule has 1 fully saturated rings. The van der Waals surface area contributed by atoms with Crippen molar-refractivity contribution in [2.24, 2.45) is 0 Å². The van der Waals surface area contributed by atoms with Crippen molar-refractivity contribution >= 4 is 33.5 Å². The van der Waals surface area contributed by atoms with Crippen molar-refractivity contribution in [3.63, 3.8) is 0 Å². The van der Waals surface area contributed by atoms with E-state index in [1.54, 1.807) is 0 Å². The molecule has 10 heteroatoms. The molecule has 1 aliphatic rings. The number of rotatable bonds is 6. The maximum Gasteiger partial charge on any atom is 0.417 e. The summed E-state index contributed by atoms with van der Waals surface area (Å²) in [6.45, 7) is 3.32. The molecule has 1 atom stereocenters. The quantitative estimate of drug-likeness (QED) is 0.607. The van der Waals surface area contributed by atoms with Crippen LogP contribution in [-0.2, 0) is 14.8 Å². The maximum absolute atomic E-state index is 13.0. The van der Waals surface area contributed by atoms with Crippen LogP contribution in [-0.4, -0.2) is 51.1 Å². The van der Waals surface area contributed by atoms with E-state index in [2.05, 4.69) is 14.6 Å². The van der Waals surface area contributed by atoms with Crippen LogP contribution < -0.4 is 10.5 Å². The molecule has 2 heterocycles. The summed E-state index contributed by atoms with van der Waals surface area (Å²) in [6, 6.07) is 13.4. The monoisotopic (exact) mass is 439 g/mol. The van der Waals surface area contributed by atoms with Crippen molar-refractivity contribution < 1.29 is 17.6 Å². The number of hydrogen-bond acceptors (Lipinski definition) is 6. The molecule has 0 amide bonds. The molecule has 0 radical (unpaired) electrons. The molecule has 1 aliphatic heterocycles. The second-order valence-corrected chi connectivity index (χ2v) is 8.38. The molecule has 0 spiro atoms. The minimum atomic E-state index is -3.82. The van der Waals surface area contributed by atoms with Gasteiger partial charge in [0.05, 0.1) is 29.7 Å². The lowest BCUT2D eigenvalue weighted by molar-refractivity contribution is 0.0345. The molecular weight excluding hydrogens is 418 g/mol. The van der Waals surface area contributed by atoms with E-state index in [1.165, 1.54) is 18.2 Å². The molecule has 8 nitrogen and oxygen atoms in total. The van der Waals surface area contributed by atoms with E-state index in [1.807, 2.05) is 30.3 Å². The van der Waals surface area contributed by atoms with Crippen LogP contribution in [0.25, 0.3) is 11.1 Å². The van der Waals surface area contributed by atoms with Crippen LogP contribution in [0.15, 0.2) is 62.6 Å². The largest absolute Gasteiger partial charge is 0.417 e. The van der Waals surface area contributed by atoms with Crippen molar-refractivity contribution in [2.45, 2.75) is 10.9 Å². The van der Waals surface area contributed by atoms with Crippen LogP contribution in [0.2, 0.25) is 0 Å². The van der Waals surface area contributed by atoms with E-state index in [4.69, 9.17) is 9.15 Å². The molecule has 1 unspecified atom stereocenters. The SMILES string of the molecule is Cl.O=c1[nH]c2ccc(S(=O)(=O)NC(CN3CCOCC3)c3ccccc3)cc2o1. The number of oxazole rings is 1. The molecule has 1 saturated heterocycles. The zero-order valence-electron chi connectivity index (χ0n) is 15.5. The minimum Gasteiger partial charge on any atom is -0.408 e. The Morgan fingerprint density at radius 3 is 2.55 bits per heavy atom. The summed E-state index contributed by atoms with van der Waals surface area (Å²) >= 11 is 0. The van der Waals surface area contributed by atoms with E-state index in [9.17, 15) is 13.2 Å². The highest BCUT2D eigenvalue weighted by atomic mass is 35.5. The number of benzene rings is 2. The fourth-order valence-electron chi connectivity index (χ4n) is 3.29. The van der Waals surface area contributed by atoms with Crippen LogP contribution in [0.1, 0.15) is 11.6 Å². The second kappa shape index (κ2) is 9.10. The van der Waals surface area contributed by atoms with Crippen molar-refractivity contribution in [3.05, 3.63) is 64.6 Å². The third-order valence-corrected chi connectivity index (χ3v) is 6.22. The van der Waals surface area contributed by atoms with Gasteiger partial charge in [-0.15, -0.1) is 12.4 Å². The third kappa shape index (κ3) is 5.06. The number of hydrogen-bond donors (Lipinski definition) is 2. The highest BCUT2D eigenvalue weighted by molar-refractivity contribution is 7.89. The van der Waals surface area contributed by atoms with Gasteiger partial charge in [-0.3, -0.25) is 9.88 Å². The van der Waals surface area contributed by atoms with Gasteiger partial charge in [0, 0.05) is 25.7 Å². The van der Waals surface area contributed by atoms with Crippen LogP contribution in [0.3, 0.4) is 0 Å². The Hall–Kier alpha value is -2.17. The first-order valence-corrected chi connectivity index (χ1v) is 10.5. The summed E-state index contributed by atoms with van der Waals surface area (Å²) < 4.78 is 39.2. The van der Waals surface area contributed by atoms with Crippen molar-refractivity contribution in [3.8, 4) is 0 Å². The number of aromatic amines is 1. The molecule has 4 rings (SSSR count). The Labute approximate surface area is 174 Å². The predicted octanol–water partition coefficient (Wildman–Crippen LogP) is 1.89. The molecule has 2 N–H and O–H groups in total. The highest BCUT2D eigenvalue weighted by Crippen LogP contribution is 2.21. The Morgan fingerprint density at radius 2 is 1.83 bits per heavy atom. The minimum absolute atomic E-state index is 0. The lowest BCUT2D eigenvalue weighted by Gasteiger charge is -2.31. The van der Waals surface area contributed by atoms with Crippen LogP contribution in [0.4, 0.5) is 0 Å². The molecule has 3 aromatic rings. The summed E-state index contributed by atoms with van der Waals surface area (Å²) in [7, 11) is -3.82. The Morgan fingerprint density at radius 1 is 1.10 bits per heavy atom. The number of nitrogens with one attached hydrogen (secondary N) is 2. The van der Waals surface area contributed by atoms with E-state index < -0.39 is 21.8 Å². The van der Waals surface area contributed by atoms with Gasteiger partial charge in [-0.25, -0.2) is 17.9 Å². The number of morpholine rings is 1. The zero-order chi connectivity index (χ0) is 19.6. The van der Waals surface area contributed by atoms with Gasteiger partial charge in [0.25, 0.3) is 0 Å². The van der Waals surface area contributed by atoms with Gasteiger partial charge < -0.3 is 9.15 Å². The zero-order valence-corrected chi connectivity index (χ0v) is 17.2. The number of ether oxygens (including phenoxy) is 1. The van der Waals surface area contributed by atoms with Gasteiger partial charge in [-0.1, -0.05) is 30.3 Å². The van der Waals surface area contributed by atoms with Crippen molar-refractivity contribution in [2.75, 3.05) is 32.8 Å². The second-order valence-electron chi connectivity index (χ2n) is 6.67. The van der Waals surface area contributed by atoms with Crippen LogP contribution >= 0.6 is 12.4 Å². The van der Waals surface area contributed by atoms with Gasteiger partial charge in [0.15, 0.2) is 5.58 Å². The Bertz CT molecular complexity index is 1110. The number of nitrogens with zero attached hydrogens (tertiary/aromatic N) is 1. The van der Waals surface area contributed by atoms with Gasteiger partial charge >= 0.3 is 5.76 Å². The lowest BCUT2D eigenvalue weighted by Crippen LogP contribution is -2.43. The van der Waals surface area contributed by atoms with Gasteiger partial charge in [-0.05, 0) is 17.7 Å². The van der Waals surface area contributed by atoms with Gasteiger partial charge in [0.2, 0.25) is 10.0 Å². The highest BCUT2D eigenvalue weighted by Gasteiger charge is 2.25. The number of sulfonamides is 1. The normalized spacial score (nSPS) is 16.4. The van der Waals surface area contributed by atoms with Gasteiger partial charge in [0.1, 0.15) is 0 Å². The number of H-pyrrole nitrogens is 1. The predicted molar refractivity (Wildman–Crippen MR) is 111 cm³/mol. The first kappa shape index (κ1) is 21.5. The van der Waals surface area contributed by atoms with E-state index in [-0.39, 0.29) is 22.9 Å². The van der Waals surface area contributed by atoms with Crippen LogP contribution in [0, 0.1) is 0 Å². The standard InChI is InChI=1S/C19H21N3O5S.ClH/c23-19-20-16-7-6-15(12-18(16)27-19)28(24,25)21-17(14-4-2-1-3-5-14)13-22-8-10-26-11-9-22;/h1-7,12,17,21H,8-11,13H2,(H,20,23);1H. The average molecular weight is 440 g/mol. The lowest BCUT2D eigenvalue weighted by atomic mass is 10.1. The molecular formula is C19H22ClN3O5S. The number of fused-ring (bicyclic) bond motifs is 1. The molecule has 29 heavy (non-hydrogen) atoms. The fraction of sp³-hybridized carbons (Fsp3) is 0.316. The van der Waals surface area contributed by atoms with Gasteiger partial charge in [-0.2, -0.15) is 0 Å². The Balaban J connectivity index is 0.00000240. The molecule has 0 aliphatic carbocycles. The fourth-order valence-corrected chi connectivity index (χ4v) is 4.52. The first-order valence-electron chi connectivity index (χ1n) is 9.01. The molecule has 2 aromatic carbocycles. The van der Waals surface area contributed by atoms with E-state index in [0.717, 1.165) is 18.7 Å². The van der Waals surface area contributed by atoms with E-state index >= 15 is 0 Å². The molecule has 1 aromatic heterocycles. The summed E-state index contributed by atoms with van der Waals surface area (Å²) in [6.07, 6.45) is 0. The third-order valence-electron chi connectivity index (χ3n) is 4.75. The van der Waals surface area contributed by atoms with Crippen LogP contribution in [0.5, 0.6) is 0 Å². The van der Waals surface area contributed by atoms with E-state index in [0.29, 0.717) is 25.3 Å². The smallest absolute Gasteiger partial charge is 0.408 e. The first-order chi connectivity index (χ1) is 13.5. The maximum atomic E-state index is 13.0. The Kier molecular flexibility index (Phi) is 6.76. The average Bonchev–Trinajstić information content (AvgIpc) is 3.08. The number of halogens is 1. The summed E-state index contributed by atoms with van der Waals surface area (Å²) in [5.41, 5.74) is 1.54.